The fraction of sp³-hybridized carbons (Fsp3) is 0.750. The number of carbonyl (C=O) groups is 2. The van der Waals surface area contributed by atoms with Gasteiger partial charge in [-0.1, -0.05) is 20.8 Å². The third-order valence-corrected chi connectivity index (χ3v) is 1.73. The molecule has 0 heterocycles. The molecule has 0 aliphatic rings. The third-order valence-electron chi connectivity index (χ3n) is 1.73. The van der Waals surface area contributed by atoms with Crippen molar-refractivity contribution in [1.29, 1.82) is 0 Å². The van der Waals surface area contributed by atoms with Crippen LogP contribution in [0.1, 0.15) is 27.2 Å². The molecule has 1 atom stereocenters. The van der Waals surface area contributed by atoms with E-state index in [1.807, 2.05) is 19.3 Å². The van der Waals surface area contributed by atoms with Crippen LogP contribution < -0.4 is 16.6 Å². The van der Waals surface area contributed by atoms with Crippen molar-refractivity contribution in [2.24, 2.45) is 11.8 Å². The molecule has 0 saturated heterocycles. The van der Waals surface area contributed by atoms with Crippen LogP contribution in [0.4, 0.5) is 0 Å². The quantitative estimate of drug-likeness (QED) is 0.316. The Labute approximate surface area is 78.0 Å². The maximum absolute atomic E-state index is 11.2. The first-order valence-electron chi connectivity index (χ1n) is 4.32. The van der Waals surface area contributed by atoms with Crippen molar-refractivity contribution in [3.8, 4) is 0 Å². The van der Waals surface area contributed by atoms with E-state index in [0.717, 1.165) is 0 Å². The van der Waals surface area contributed by atoms with Crippen molar-refractivity contribution >= 4 is 11.8 Å². The Morgan fingerprint density at radius 1 is 1.38 bits per heavy atom. The van der Waals surface area contributed by atoms with Gasteiger partial charge in [-0.3, -0.25) is 15.0 Å². The van der Waals surface area contributed by atoms with Crippen molar-refractivity contribution in [2.75, 3.05) is 0 Å². The predicted octanol–water partition coefficient (Wildman–Crippen LogP) is -0.473. The van der Waals surface area contributed by atoms with Crippen molar-refractivity contribution in [2.45, 2.75) is 33.2 Å². The molecule has 5 nitrogen and oxygen atoms in total. The monoisotopic (exact) mass is 187 g/mol. The van der Waals surface area contributed by atoms with Gasteiger partial charge in [-0.25, -0.2) is 5.84 Å². The Balaban J connectivity index is 4.26. The van der Waals surface area contributed by atoms with Crippen molar-refractivity contribution in [3.05, 3.63) is 0 Å². The lowest BCUT2D eigenvalue weighted by Crippen LogP contribution is -2.51. The second-order valence-corrected chi connectivity index (χ2v) is 3.15. The van der Waals surface area contributed by atoms with Gasteiger partial charge in [0.2, 0.25) is 5.91 Å². The molecule has 76 valence electrons. The molecule has 0 aromatic heterocycles. The van der Waals surface area contributed by atoms with Crippen LogP contribution in [0.3, 0.4) is 0 Å². The number of hydrogen-bond acceptors (Lipinski definition) is 3. The molecule has 0 aliphatic carbocycles. The molecule has 0 bridgehead atoms. The Morgan fingerprint density at radius 2 is 1.92 bits per heavy atom. The Morgan fingerprint density at radius 3 is 2.23 bits per heavy atom. The van der Waals surface area contributed by atoms with Crippen LogP contribution in [0, 0.1) is 5.92 Å². The number of carbonyl (C=O) groups excluding carboxylic acids is 2. The van der Waals surface area contributed by atoms with Crippen LogP contribution in [-0.4, -0.2) is 17.9 Å². The van der Waals surface area contributed by atoms with Gasteiger partial charge in [0, 0.05) is 6.42 Å². The fourth-order valence-corrected chi connectivity index (χ4v) is 0.900. The minimum atomic E-state index is -0.544. The molecule has 0 aromatic carbocycles. The summed E-state index contributed by atoms with van der Waals surface area (Å²) in [6.07, 6.45) is 0.362. The van der Waals surface area contributed by atoms with E-state index >= 15 is 0 Å². The highest BCUT2D eigenvalue weighted by Gasteiger charge is 2.22. The highest BCUT2D eigenvalue weighted by Crippen LogP contribution is 2.01. The number of hydrogen-bond donors (Lipinski definition) is 3. The molecule has 0 aromatic rings. The van der Waals surface area contributed by atoms with Gasteiger partial charge in [0.05, 0.1) is 0 Å². The smallest absolute Gasteiger partial charge is 0.256 e. The third kappa shape index (κ3) is 3.89. The van der Waals surface area contributed by atoms with Gasteiger partial charge < -0.3 is 5.32 Å². The van der Waals surface area contributed by atoms with Gasteiger partial charge in [-0.2, -0.15) is 0 Å². The Hall–Kier alpha value is -1.10. The van der Waals surface area contributed by atoms with Gasteiger partial charge in [0.25, 0.3) is 5.91 Å². The summed E-state index contributed by atoms with van der Waals surface area (Å²) in [6, 6.07) is -0.544. The van der Waals surface area contributed by atoms with Crippen LogP contribution in [0.15, 0.2) is 0 Å². The van der Waals surface area contributed by atoms with Gasteiger partial charge in [0.15, 0.2) is 0 Å². The fourth-order valence-electron chi connectivity index (χ4n) is 0.900. The first kappa shape index (κ1) is 11.9. The minimum Gasteiger partial charge on any atom is -0.344 e. The average Bonchev–Trinajstić information content (AvgIpc) is 2.11. The highest BCUT2D eigenvalue weighted by atomic mass is 16.2. The highest BCUT2D eigenvalue weighted by molar-refractivity contribution is 5.87. The van der Waals surface area contributed by atoms with E-state index < -0.39 is 6.04 Å². The van der Waals surface area contributed by atoms with Gasteiger partial charge in [-0.15, -0.1) is 0 Å². The van der Waals surface area contributed by atoms with Crippen molar-refractivity contribution < 1.29 is 9.59 Å². The van der Waals surface area contributed by atoms with Crippen LogP contribution in [0.5, 0.6) is 0 Å². The lowest BCUT2D eigenvalue weighted by molar-refractivity contribution is -0.129. The van der Waals surface area contributed by atoms with Crippen LogP contribution >= 0.6 is 0 Å². The summed E-state index contributed by atoms with van der Waals surface area (Å²) in [5.74, 6) is 4.49. The van der Waals surface area contributed by atoms with E-state index in [2.05, 4.69) is 5.32 Å². The standard InChI is InChI=1S/C8H17N3O2/c1-4-6(12)10-7(5(2)3)8(13)11-9/h5,7H,4,9H2,1-3H3,(H,10,12)(H,11,13)/t7-/m0/s1. The molecule has 4 N–H and O–H groups in total. The van der Waals surface area contributed by atoms with Crippen molar-refractivity contribution in [1.82, 2.24) is 10.7 Å². The van der Waals surface area contributed by atoms with E-state index in [4.69, 9.17) is 5.84 Å². The molecule has 0 aliphatic heterocycles. The van der Waals surface area contributed by atoms with Gasteiger partial charge in [0.1, 0.15) is 6.04 Å². The summed E-state index contributed by atoms with van der Waals surface area (Å²) in [4.78, 5) is 22.2. The maximum atomic E-state index is 11.2. The van der Waals surface area contributed by atoms with Gasteiger partial charge in [-0.05, 0) is 5.92 Å². The zero-order chi connectivity index (χ0) is 10.4. The lowest BCUT2D eigenvalue weighted by Gasteiger charge is -2.19. The number of amides is 2. The molecular weight excluding hydrogens is 170 g/mol. The molecule has 0 spiro atoms. The lowest BCUT2D eigenvalue weighted by atomic mass is 10.0. The zero-order valence-corrected chi connectivity index (χ0v) is 8.26. The second kappa shape index (κ2) is 5.53. The largest absolute Gasteiger partial charge is 0.344 e. The van der Waals surface area contributed by atoms with E-state index in [9.17, 15) is 9.59 Å². The average molecular weight is 187 g/mol. The van der Waals surface area contributed by atoms with Crippen LogP contribution in [0.2, 0.25) is 0 Å². The number of nitrogens with two attached hydrogens (primary N) is 1. The number of hydrazine groups is 1. The van der Waals surface area contributed by atoms with E-state index in [0.29, 0.717) is 6.42 Å². The number of nitrogens with one attached hydrogen (secondary N) is 2. The van der Waals surface area contributed by atoms with Crippen LogP contribution in [0.25, 0.3) is 0 Å². The normalized spacial score (nSPS) is 12.4. The first-order valence-corrected chi connectivity index (χ1v) is 4.32. The summed E-state index contributed by atoms with van der Waals surface area (Å²) in [7, 11) is 0. The summed E-state index contributed by atoms with van der Waals surface area (Å²) in [5, 5.41) is 2.59. The van der Waals surface area contributed by atoms with E-state index in [-0.39, 0.29) is 17.7 Å². The summed E-state index contributed by atoms with van der Waals surface area (Å²) < 4.78 is 0. The van der Waals surface area contributed by atoms with Crippen LogP contribution in [-0.2, 0) is 9.59 Å². The zero-order valence-electron chi connectivity index (χ0n) is 8.26. The Bertz CT molecular complexity index is 192. The number of rotatable bonds is 4. The summed E-state index contributed by atoms with van der Waals surface area (Å²) >= 11 is 0. The second-order valence-electron chi connectivity index (χ2n) is 3.15. The molecule has 0 fully saturated rings. The topological polar surface area (TPSA) is 84.2 Å². The molecule has 2 amide bonds. The first-order chi connectivity index (χ1) is 6.02. The SMILES string of the molecule is CCC(=O)N[C@H](C(=O)NN)C(C)C. The Kier molecular flexibility index (Phi) is 5.06. The maximum Gasteiger partial charge on any atom is 0.256 e. The molecule has 0 rings (SSSR count). The summed E-state index contributed by atoms with van der Waals surface area (Å²) in [6.45, 7) is 5.42. The van der Waals surface area contributed by atoms with E-state index in [1.54, 1.807) is 6.92 Å². The van der Waals surface area contributed by atoms with Crippen molar-refractivity contribution in [3.63, 3.8) is 0 Å². The molecule has 0 radical (unpaired) electrons. The molecule has 13 heavy (non-hydrogen) atoms. The minimum absolute atomic E-state index is 0.0269. The van der Waals surface area contributed by atoms with E-state index in [1.165, 1.54) is 0 Å². The molecule has 5 heteroatoms. The van der Waals surface area contributed by atoms with Gasteiger partial charge >= 0.3 is 0 Å². The summed E-state index contributed by atoms with van der Waals surface area (Å²) in [5.41, 5.74) is 2.02. The predicted molar refractivity (Wildman–Crippen MR) is 49.4 cm³/mol. The molecule has 0 saturated carbocycles. The molecule has 0 unspecified atom stereocenters. The molecular formula is C8H17N3O2.